The summed E-state index contributed by atoms with van der Waals surface area (Å²) < 4.78 is 0. The molecule has 3 nitrogen and oxygen atoms in total. The van der Waals surface area contributed by atoms with Gasteiger partial charge in [0.15, 0.2) is 0 Å². The fourth-order valence-electron chi connectivity index (χ4n) is 1.51. The van der Waals surface area contributed by atoms with Gasteiger partial charge in [0.25, 0.3) is 0 Å². The molecule has 0 saturated carbocycles. The van der Waals surface area contributed by atoms with Crippen molar-refractivity contribution in [2.24, 2.45) is 0 Å². The van der Waals surface area contributed by atoms with E-state index in [9.17, 15) is 9.90 Å². The Bertz CT molecular complexity index is 186. The number of amides is 1. The quantitative estimate of drug-likeness (QED) is 0.719. The Morgan fingerprint density at radius 3 is 2.92 bits per heavy atom. The first kappa shape index (κ1) is 10.9. The van der Waals surface area contributed by atoms with Gasteiger partial charge in [-0.1, -0.05) is 0 Å². The van der Waals surface area contributed by atoms with Crippen LogP contribution in [0.4, 0.5) is 0 Å². The molecule has 0 aromatic heterocycles. The number of likely N-dealkylation sites (tertiary alicyclic amines) is 1. The van der Waals surface area contributed by atoms with E-state index in [1.807, 2.05) is 13.2 Å². The van der Waals surface area contributed by atoms with Crippen LogP contribution in [0, 0.1) is 0 Å². The zero-order valence-electron chi connectivity index (χ0n) is 8.19. The Kier molecular flexibility index (Phi) is 4.06. The third-order valence-electron chi connectivity index (χ3n) is 2.41. The molecule has 0 spiro atoms. The van der Waals surface area contributed by atoms with Crippen molar-refractivity contribution in [3.8, 4) is 0 Å². The van der Waals surface area contributed by atoms with E-state index in [4.69, 9.17) is 0 Å². The molecule has 76 valence electrons. The molecule has 1 heterocycles. The number of hydrogen-bond donors (Lipinski definition) is 1. The van der Waals surface area contributed by atoms with E-state index in [1.165, 1.54) is 0 Å². The number of thioether (sulfide) groups is 1. The van der Waals surface area contributed by atoms with Crippen LogP contribution >= 0.6 is 11.8 Å². The zero-order chi connectivity index (χ0) is 9.84. The Balaban J connectivity index is 2.46. The van der Waals surface area contributed by atoms with Crippen molar-refractivity contribution in [2.75, 3.05) is 19.3 Å². The van der Waals surface area contributed by atoms with Crippen molar-refractivity contribution in [1.29, 1.82) is 0 Å². The van der Waals surface area contributed by atoms with Crippen LogP contribution in [0.2, 0.25) is 0 Å². The molecule has 0 bridgehead atoms. The summed E-state index contributed by atoms with van der Waals surface area (Å²) in [6, 6.07) is 0. The molecule has 1 saturated heterocycles. The normalized spacial score (nSPS) is 25.8. The molecule has 1 fully saturated rings. The average Bonchev–Trinajstić information content (AvgIpc) is 2.15. The fraction of sp³-hybridized carbons (Fsp3) is 0.889. The molecule has 13 heavy (non-hydrogen) atoms. The van der Waals surface area contributed by atoms with Crippen LogP contribution in [0.1, 0.15) is 19.8 Å². The van der Waals surface area contributed by atoms with Crippen molar-refractivity contribution in [1.82, 2.24) is 4.90 Å². The van der Waals surface area contributed by atoms with Gasteiger partial charge in [0.2, 0.25) is 5.91 Å². The third kappa shape index (κ3) is 2.88. The van der Waals surface area contributed by atoms with Gasteiger partial charge in [-0.25, -0.2) is 0 Å². The lowest BCUT2D eigenvalue weighted by molar-refractivity contribution is -0.133. The van der Waals surface area contributed by atoms with Crippen LogP contribution in [-0.2, 0) is 4.79 Å². The molecule has 1 aliphatic heterocycles. The Morgan fingerprint density at radius 1 is 1.69 bits per heavy atom. The first-order valence-corrected chi connectivity index (χ1v) is 5.93. The van der Waals surface area contributed by atoms with Gasteiger partial charge in [-0.2, -0.15) is 11.8 Å². The highest BCUT2D eigenvalue weighted by molar-refractivity contribution is 7.99. The highest BCUT2D eigenvalue weighted by Crippen LogP contribution is 2.15. The third-order valence-corrected chi connectivity index (χ3v) is 3.32. The molecule has 4 heteroatoms. The number of piperidine rings is 1. The minimum Gasteiger partial charge on any atom is -0.391 e. The number of β-amino-alcohol motifs (C(OH)–C–C–N with tert-alkyl or cyclic N) is 1. The topological polar surface area (TPSA) is 40.5 Å². The van der Waals surface area contributed by atoms with Crippen LogP contribution in [0.15, 0.2) is 0 Å². The maximum absolute atomic E-state index is 11.7. The molecule has 1 unspecified atom stereocenters. The van der Waals surface area contributed by atoms with E-state index < -0.39 is 0 Å². The van der Waals surface area contributed by atoms with Crippen LogP contribution < -0.4 is 0 Å². The van der Waals surface area contributed by atoms with Gasteiger partial charge in [0, 0.05) is 13.1 Å². The van der Waals surface area contributed by atoms with Gasteiger partial charge in [0.05, 0.1) is 11.4 Å². The van der Waals surface area contributed by atoms with Gasteiger partial charge >= 0.3 is 0 Å². The van der Waals surface area contributed by atoms with Crippen LogP contribution in [0.3, 0.4) is 0 Å². The smallest absolute Gasteiger partial charge is 0.235 e. The molecule has 1 aliphatic rings. The van der Waals surface area contributed by atoms with E-state index in [0.29, 0.717) is 6.54 Å². The number of hydrogen-bond acceptors (Lipinski definition) is 3. The summed E-state index contributed by atoms with van der Waals surface area (Å²) in [7, 11) is 0. The second-order valence-corrected chi connectivity index (χ2v) is 4.64. The van der Waals surface area contributed by atoms with Crippen LogP contribution in [0.5, 0.6) is 0 Å². The first-order chi connectivity index (χ1) is 6.15. The highest BCUT2D eigenvalue weighted by Gasteiger charge is 2.24. The lowest BCUT2D eigenvalue weighted by Gasteiger charge is -2.31. The second-order valence-electron chi connectivity index (χ2n) is 3.46. The predicted molar refractivity (Wildman–Crippen MR) is 54.8 cm³/mol. The van der Waals surface area contributed by atoms with Gasteiger partial charge in [-0.05, 0) is 26.0 Å². The summed E-state index contributed by atoms with van der Waals surface area (Å²) in [5.41, 5.74) is 0. The minimum absolute atomic E-state index is 0.0188. The van der Waals surface area contributed by atoms with E-state index in [1.54, 1.807) is 16.7 Å². The Hall–Kier alpha value is -0.220. The summed E-state index contributed by atoms with van der Waals surface area (Å²) in [6.45, 7) is 3.23. The average molecular weight is 203 g/mol. The van der Waals surface area contributed by atoms with Gasteiger partial charge in [0.1, 0.15) is 0 Å². The molecule has 0 aromatic carbocycles. The summed E-state index contributed by atoms with van der Waals surface area (Å²) in [6.07, 6.45) is 3.38. The molecule has 0 aromatic rings. The fourth-order valence-corrected chi connectivity index (χ4v) is 1.86. The first-order valence-electron chi connectivity index (χ1n) is 4.64. The van der Waals surface area contributed by atoms with Gasteiger partial charge < -0.3 is 10.0 Å². The van der Waals surface area contributed by atoms with Crippen molar-refractivity contribution in [2.45, 2.75) is 31.1 Å². The van der Waals surface area contributed by atoms with Crippen molar-refractivity contribution >= 4 is 17.7 Å². The lowest BCUT2D eigenvalue weighted by Crippen LogP contribution is -2.45. The maximum Gasteiger partial charge on any atom is 0.235 e. The number of carbonyl (C=O) groups excluding carboxylic acids is 1. The second kappa shape index (κ2) is 4.86. The molecule has 0 radical (unpaired) electrons. The molecular formula is C9H17NO2S. The predicted octanol–water partition coefficient (Wildman–Crippen LogP) is 0.721. The van der Waals surface area contributed by atoms with E-state index in [2.05, 4.69) is 0 Å². The van der Waals surface area contributed by atoms with Crippen molar-refractivity contribution in [3.05, 3.63) is 0 Å². The summed E-state index contributed by atoms with van der Waals surface area (Å²) in [5.74, 6) is 0.159. The largest absolute Gasteiger partial charge is 0.391 e. The molecule has 1 rings (SSSR count). The van der Waals surface area contributed by atoms with Crippen molar-refractivity contribution < 1.29 is 9.90 Å². The van der Waals surface area contributed by atoms with Crippen LogP contribution in [-0.4, -0.2) is 46.6 Å². The molecule has 1 amide bonds. The molecule has 0 aliphatic carbocycles. The maximum atomic E-state index is 11.7. The molecule has 1 N–H and O–H groups in total. The number of carbonyl (C=O) groups is 1. The van der Waals surface area contributed by atoms with E-state index in [0.717, 1.165) is 19.4 Å². The SMILES string of the molecule is CSC(C)C(=O)N1CCC[C@H](O)C1. The van der Waals surface area contributed by atoms with Gasteiger partial charge in [-0.15, -0.1) is 0 Å². The number of rotatable bonds is 2. The Morgan fingerprint density at radius 2 is 2.38 bits per heavy atom. The van der Waals surface area contributed by atoms with Crippen LogP contribution in [0.25, 0.3) is 0 Å². The molecule has 2 atom stereocenters. The zero-order valence-corrected chi connectivity index (χ0v) is 9.01. The summed E-state index contributed by atoms with van der Waals surface area (Å²) in [5, 5.41) is 9.40. The van der Waals surface area contributed by atoms with E-state index in [-0.39, 0.29) is 17.3 Å². The monoisotopic (exact) mass is 203 g/mol. The number of nitrogens with zero attached hydrogens (tertiary/aromatic N) is 1. The highest BCUT2D eigenvalue weighted by atomic mass is 32.2. The summed E-state index contributed by atoms with van der Waals surface area (Å²) in [4.78, 5) is 13.4. The van der Waals surface area contributed by atoms with E-state index >= 15 is 0 Å². The standard InChI is InChI=1S/C9H17NO2S/c1-7(13-2)9(12)10-5-3-4-8(11)6-10/h7-8,11H,3-6H2,1-2H3/t7?,8-/m0/s1. The Labute approximate surface area is 83.5 Å². The number of aliphatic hydroxyl groups excluding tert-OH is 1. The van der Waals surface area contributed by atoms with Crippen molar-refractivity contribution in [3.63, 3.8) is 0 Å². The number of aliphatic hydroxyl groups is 1. The lowest BCUT2D eigenvalue weighted by atomic mass is 10.1. The van der Waals surface area contributed by atoms with Gasteiger partial charge in [-0.3, -0.25) is 4.79 Å². The minimum atomic E-state index is -0.313. The summed E-state index contributed by atoms with van der Waals surface area (Å²) >= 11 is 1.55. The molecular weight excluding hydrogens is 186 g/mol.